The smallest absolute Gasteiger partial charge is 0.222 e. The van der Waals surface area contributed by atoms with E-state index >= 15 is 0 Å². The first-order valence-corrected chi connectivity index (χ1v) is 8.90. The van der Waals surface area contributed by atoms with Crippen molar-refractivity contribution >= 4 is 17.7 Å². The molecule has 1 heterocycles. The van der Waals surface area contributed by atoms with Crippen LogP contribution in [0.5, 0.6) is 0 Å². The minimum atomic E-state index is -0.411. The van der Waals surface area contributed by atoms with E-state index in [0.717, 1.165) is 18.2 Å². The molecule has 1 aliphatic heterocycles. The first-order chi connectivity index (χ1) is 10.5. The fourth-order valence-corrected chi connectivity index (χ4v) is 3.84. The van der Waals surface area contributed by atoms with Crippen LogP contribution in [0.2, 0.25) is 0 Å². The molecule has 2 nitrogen and oxygen atoms in total. The van der Waals surface area contributed by atoms with Gasteiger partial charge in [-0.2, -0.15) is 11.8 Å². The normalized spacial score (nSPS) is 20.5. The molecule has 0 aliphatic carbocycles. The maximum absolute atomic E-state index is 13.9. The molecule has 1 aliphatic rings. The highest BCUT2D eigenvalue weighted by atomic mass is 32.2. The molecule has 2 unspecified atom stereocenters. The number of carbonyl (C=O) groups is 1. The molecular weight excluding hydrogens is 304 g/mol. The Kier molecular flexibility index (Phi) is 6.24. The fraction of sp³-hybridized carbons (Fsp3) is 0.588. The van der Waals surface area contributed by atoms with E-state index in [0.29, 0.717) is 37.4 Å². The predicted octanol–water partition coefficient (Wildman–Crippen LogP) is 4.41. The molecule has 0 N–H and O–H groups in total. The van der Waals surface area contributed by atoms with Crippen molar-refractivity contribution in [3.63, 3.8) is 0 Å². The van der Waals surface area contributed by atoms with Crippen LogP contribution in [-0.2, 0) is 4.79 Å². The lowest BCUT2D eigenvalue weighted by atomic mass is 10.0. The van der Waals surface area contributed by atoms with Crippen molar-refractivity contribution in [2.75, 3.05) is 18.8 Å². The van der Waals surface area contributed by atoms with Crippen molar-refractivity contribution in [1.82, 2.24) is 4.90 Å². The van der Waals surface area contributed by atoms with E-state index in [-0.39, 0.29) is 17.0 Å². The van der Waals surface area contributed by atoms with Crippen LogP contribution < -0.4 is 0 Å². The Morgan fingerprint density at radius 2 is 2.18 bits per heavy atom. The van der Waals surface area contributed by atoms with Crippen molar-refractivity contribution in [1.29, 1.82) is 0 Å². The number of amides is 1. The van der Waals surface area contributed by atoms with Gasteiger partial charge in [-0.05, 0) is 30.5 Å². The van der Waals surface area contributed by atoms with Gasteiger partial charge in [-0.3, -0.25) is 4.79 Å². The summed E-state index contributed by atoms with van der Waals surface area (Å²) >= 11 is 1.61. The second-order valence-corrected chi connectivity index (χ2v) is 7.22. The topological polar surface area (TPSA) is 20.3 Å². The summed E-state index contributed by atoms with van der Waals surface area (Å²) in [5, 5.41) is -0.0860. The van der Waals surface area contributed by atoms with Crippen molar-refractivity contribution in [2.45, 2.75) is 38.4 Å². The van der Waals surface area contributed by atoms with Crippen LogP contribution >= 0.6 is 11.8 Å². The van der Waals surface area contributed by atoms with E-state index in [2.05, 4.69) is 13.8 Å². The van der Waals surface area contributed by atoms with Gasteiger partial charge < -0.3 is 4.90 Å². The number of halogens is 2. The summed E-state index contributed by atoms with van der Waals surface area (Å²) < 4.78 is 27.3. The lowest BCUT2D eigenvalue weighted by molar-refractivity contribution is -0.131. The molecule has 2 atom stereocenters. The fourth-order valence-electron chi connectivity index (χ4n) is 2.60. The lowest BCUT2D eigenvalue weighted by Gasteiger charge is -2.22. The Hall–Kier alpha value is -1.10. The highest BCUT2D eigenvalue weighted by Gasteiger charge is 2.24. The number of hydrogen-bond donors (Lipinski definition) is 0. The van der Waals surface area contributed by atoms with Crippen molar-refractivity contribution < 1.29 is 13.6 Å². The minimum absolute atomic E-state index is 0.0860. The quantitative estimate of drug-likeness (QED) is 0.816. The maximum atomic E-state index is 13.9. The summed E-state index contributed by atoms with van der Waals surface area (Å²) in [5.41, 5.74) is 0.418. The SMILES string of the molecule is CCC(C)CC(=O)N1CCSC(c2cc(F)ccc2F)CC1. The summed E-state index contributed by atoms with van der Waals surface area (Å²) in [6.07, 6.45) is 2.23. The number of nitrogens with zero attached hydrogens (tertiary/aromatic N) is 1. The molecule has 1 amide bonds. The standard InChI is InChI=1S/C17H23F2NOS/c1-3-12(2)10-17(21)20-7-6-16(22-9-8-20)14-11-13(18)4-5-15(14)19/h4-5,11-12,16H,3,6-10H2,1-2H3. The average Bonchev–Trinajstić information content (AvgIpc) is 2.75. The zero-order chi connectivity index (χ0) is 16.1. The summed E-state index contributed by atoms with van der Waals surface area (Å²) in [7, 11) is 0. The average molecular weight is 327 g/mol. The minimum Gasteiger partial charge on any atom is -0.342 e. The highest BCUT2D eigenvalue weighted by molar-refractivity contribution is 7.99. The first kappa shape index (κ1) is 17.3. The molecule has 5 heteroatoms. The van der Waals surface area contributed by atoms with Crippen molar-refractivity contribution in [3.05, 3.63) is 35.4 Å². The first-order valence-electron chi connectivity index (χ1n) is 7.85. The number of carbonyl (C=O) groups excluding carboxylic acids is 1. The van der Waals surface area contributed by atoms with Crippen LogP contribution in [0.1, 0.15) is 43.9 Å². The Labute approximate surface area is 135 Å². The monoisotopic (exact) mass is 327 g/mol. The maximum Gasteiger partial charge on any atom is 0.222 e. The number of benzene rings is 1. The van der Waals surface area contributed by atoms with Crippen LogP contribution in [0.3, 0.4) is 0 Å². The van der Waals surface area contributed by atoms with Crippen LogP contribution in [-0.4, -0.2) is 29.6 Å². The summed E-state index contributed by atoms with van der Waals surface area (Å²) in [4.78, 5) is 14.1. The lowest BCUT2D eigenvalue weighted by Crippen LogP contribution is -2.33. The van der Waals surface area contributed by atoms with Crippen molar-refractivity contribution in [2.24, 2.45) is 5.92 Å². The van der Waals surface area contributed by atoms with Gasteiger partial charge in [0.2, 0.25) is 5.91 Å². The van der Waals surface area contributed by atoms with Crippen LogP contribution in [0, 0.1) is 17.6 Å². The van der Waals surface area contributed by atoms with Gasteiger partial charge in [0.1, 0.15) is 11.6 Å². The van der Waals surface area contributed by atoms with E-state index in [1.54, 1.807) is 11.8 Å². The summed E-state index contributed by atoms with van der Waals surface area (Å²) in [5.74, 6) is 0.548. The van der Waals surface area contributed by atoms with Gasteiger partial charge >= 0.3 is 0 Å². The van der Waals surface area contributed by atoms with Gasteiger partial charge in [-0.15, -0.1) is 0 Å². The Balaban J connectivity index is 2.00. The van der Waals surface area contributed by atoms with Gasteiger partial charge in [-0.25, -0.2) is 8.78 Å². The van der Waals surface area contributed by atoms with E-state index in [1.165, 1.54) is 12.1 Å². The van der Waals surface area contributed by atoms with Gasteiger partial charge in [0.15, 0.2) is 0 Å². The molecule has 1 aromatic carbocycles. The third-order valence-corrected chi connectivity index (χ3v) is 5.53. The third kappa shape index (κ3) is 4.45. The molecule has 0 aromatic heterocycles. The molecule has 0 radical (unpaired) electrons. The van der Waals surface area contributed by atoms with Gasteiger partial charge in [0.25, 0.3) is 0 Å². The Morgan fingerprint density at radius 3 is 2.91 bits per heavy atom. The largest absolute Gasteiger partial charge is 0.342 e. The second-order valence-electron chi connectivity index (χ2n) is 5.91. The molecule has 0 spiro atoms. The molecular formula is C17H23F2NOS. The van der Waals surface area contributed by atoms with E-state index in [9.17, 15) is 13.6 Å². The van der Waals surface area contributed by atoms with Crippen molar-refractivity contribution in [3.8, 4) is 0 Å². The molecule has 1 aromatic rings. The van der Waals surface area contributed by atoms with E-state index in [4.69, 9.17) is 0 Å². The molecule has 0 saturated carbocycles. The Morgan fingerprint density at radius 1 is 1.41 bits per heavy atom. The summed E-state index contributed by atoms with van der Waals surface area (Å²) in [6.45, 7) is 5.46. The third-order valence-electron chi connectivity index (χ3n) is 4.22. The van der Waals surface area contributed by atoms with Gasteiger partial charge in [0.05, 0.1) is 0 Å². The molecule has 0 bridgehead atoms. The highest BCUT2D eigenvalue weighted by Crippen LogP contribution is 2.36. The summed E-state index contributed by atoms with van der Waals surface area (Å²) in [6, 6.07) is 3.60. The molecule has 1 saturated heterocycles. The molecule has 22 heavy (non-hydrogen) atoms. The number of rotatable bonds is 4. The number of thioether (sulfide) groups is 1. The molecule has 2 rings (SSSR count). The second kappa shape index (κ2) is 7.95. The molecule has 122 valence electrons. The van der Waals surface area contributed by atoms with Crippen LogP contribution in [0.25, 0.3) is 0 Å². The van der Waals surface area contributed by atoms with E-state index < -0.39 is 5.82 Å². The van der Waals surface area contributed by atoms with Crippen LogP contribution in [0.15, 0.2) is 18.2 Å². The predicted molar refractivity (Wildman–Crippen MR) is 86.8 cm³/mol. The number of hydrogen-bond acceptors (Lipinski definition) is 2. The zero-order valence-electron chi connectivity index (χ0n) is 13.1. The molecule has 1 fully saturated rings. The van der Waals surface area contributed by atoms with E-state index in [1.807, 2.05) is 4.90 Å². The Bertz CT molecular complexity index is 523. The van der Waals surface area contributed by atoms with Gasteiger partial charge in [-0.1, -0.05) is 20.3 Å². The van der Waals surface area contributed by atoms with Crippen LogP contribution in [0.4, 0.5) is 8.78 Å². The zero-order valence-corrected chi connectivity index (χ0v) is 14.0. The van der Waals surface area contributed by atoms with Gasteiger partial charge in [0, 0.05) is 36.1 Å².